The highest BCUT2D eigenvalue weighted by atomic mass is 35.5. The van der Waals surface area contributed by atoms with Gasteiger partial charge in [0.1, 0.15) is 5.25 Å². The molecule has 1 unspecified atom stereocenters. The normalized spacial score (nSPS) is 17.8. The van der Waals surface area contributed by atoms with Crippen LogP contribution in [0.1, 0.15) is 31.7 Å². The van der Waals surface area contributed by atoms with Gasteiger partial charge in [-0.1, -0.05) is 54.9 Å². The van der Waals surface area contributed by atoms with Crippen molar-refractivity contribution in [3.8, 4) is 0 Å². The van der Waals surface area contributed by atoms with Gasteiger partial charge in [-0.2, -0.15) is 13.2 Å². The fourth-order valence-corrected chi connectivity index (χ4v) is 4.38. The highest BCUT2D eigenvalue weighted by molar-refractivity contribution is 8.15. The van der Waals surface area contributed by atoms with E-state index in [1.807, 2.05) is 37.3 Å². The van der Waals surface area contributed by atoms with Crippen molar-refractivity contribution in [1.82, 2.24) is 4.90 Å². The first-order valence-electron chi connectivity index (χ1n) is 9.97. The van der Waals surface area contributed by atoms with E-state index in [1.165, 1.54) is 11.8 Å². The fourth-order valence-electron chi connectivity index (χ4n) is 3.03. The van der Waals surface area contributed by atoms with Gasteiger partial charge in [-0.25, -0.2) is 4.99 Å². The quantitative estimate of drug-likeness (QED) is 0.516. The van der Waals surface area contributed by atoms with Crippen LogP contribution in [0.15, 0.2) is 53.5 Å². The smallest absolute Gasteiger partial charge is 0.325 e. The van der Waals surface area contributed by atoms with Crippen LogP contribution in [-0.2, 0) is 15.8 Å². The minimum Gasteiger partial charge on any atom is -0.325 e. The predicted octanol–water partition coefficient (Wildman–Crippen LogP) is 6.12. The Morgan fingerprint density at radius 2 is 1.94 bits per heavy atom. The zero-order valence-electron chi connectivity index (χ0n) is 17.2. The van der Waals surface area contributed by atoms with Gasteiger partial charge in [-0.3, -0.25) is 14.5 Å². The maximum atomic E-state index is 13.0. The fraction of sp³-hybridized carbons (Fsp3) is 0.318. The molecular formula is C22H21ClF3N3O2S. The summed E-state index contributed by atoms with van der Waals surface area (Å²) >= 11 is 7.12. The van der Waals surface area contributed by atoms with Crippen LogP contribution < -0.4 is 5.32 Å². The Kier molecular flexibility index (Phi) is 7.84. The van der Waals surface area contributed by atoms with E-state index in [2.05, 4.69) is 10.3 Å². The second-order valence-corrected chi connectivity index (χ2v) is 8.70. The molecule has 0 bridgehead atoms. The number of nitrogens with one attached hydrogen (secondary N) is 1. The number of aliphatic imine (C=N–C) groups is 1. The lowest BCUT2D eigenvalue weighted by Gasteiger charge is -2.16. The Balaban J connectivity index is 1.75. The zero-order chi connectivity index (χ0) is 23.3. The number of para-hydroxylation sites is 1. The maximum absolute atomic E-state index is 13.0. The van der Waals surface area contributed by atoms with Crippen molar-refractivity contribution in [2.75, 3.05) is 11.9 Å². The van der Waals surface area contributed by atoms with Crippen molar-refractivity contribution in [2.24, 2.45) is 4.99 Å². The van der Waals surface area contributed by atoms with Crippen LogP contribution in [-0.4, -0.2) is 33.7 Å². The van der Waals surface area contributed by atoms with Crippen LogP contribution >= 0.6 is 23.4 Å². The van der Waals surface area contributed by atoms with Gasteiger partial charge in [-0.05, 0) is 36.8 Å². The van der Waals surface area contributed by atoms with E-state index in [1.54, 1.807) is 4.90 Å². The summed E-state index contributed by atoms with van der Waals surface area (Å²) in [5.41, 5.74) is -0.389. The third-order valence-corrected chi connectivity index (χ3v) is 6.18. The Hall–Kier alpha value is -2.52. The number of benzene rings is 2. The van der Waals surface area contributed by atoms with Crippen LogP contribution in [0.3, 0.4) is 0 Å². The molecule has 1 N–H and O–H groups in total. The molecule has 10 heteroatoms. The molecule has 2 amide bonds. The van der Waals surface area contributed by atoms with Gasteiger partial charge in [0.05, 0.1) is 22.0 Å². The largest absolute Gasteiger partial charge is 0.416 e. The molecule has 170 valence electrons. The molecule has 1 heterocycles. The minimum atomic E-state index is -4.57. The standard InChI is InChI=1S/C22H21ClF3N3O2S/c1-2-3-11-29-20(31)18(32-21(29)27-15-7-5-4-6-8-15)13-19(30)28-17-12-14(22(24,25)26)9-10-16(17)23/h4-10,12,18H,2-3,11,13H2,1H3,(H,28,30). The molecule has 1 atom stereocenters. The predicted molar refractivity (Wildman–Crippen MR) is 121 cm³/mol. The molecule has 1 fully saturated rings. The van der Waals surface area contributed by atoms with Crippen molar-refractivity contribution < 1.29 is 22.8 Å². The van der Waals surface area contributed by atoms with Gasteiger partial charge in [0, 0.05) is 13.0 Å². The summed E-state index contributed by atoms with van der Waals surface area (Å²) in [5.74, 6) is -0.850. The lowest BCUT2D eigenvalue weighted by Crippen LogP contribution is -2.34. The summed E-state index contributed by atoms with van der Waals surface area (Å²) in [6.45, 7) is 2.48. The van der Waals surface area contributed by atoms with Crippen molar-refractivity contribution in [2.45, 2.75) is 37.6 Å². The van der Waals surface area contributed by atoms with Gasteiger partial charge in [-0.15, -0.1) is 0 Å². The molecule has 5 nitrogen and oxygen atoms in total. The number of anilines is 1. The molecule has 0 aromatic heterocycles. The number of amidine groups is 1. The van der Waals surface area contributed by atoms with Crippen LogP contribution in [0.2, 0.25) is 5.02 Å². The highest BCUT2D eigenvalue weighted by Crippen LogP contribution is 2.35. The molecule has 32 heavy (non-hydrogen) atoms. The monoisotopic (exact) mass is 483 g/mol. The maximum Gasteiger partial charge on any atom is 0.416 e. The van der Waals surface area contributed by atoms with E-state index in [0.29, 0.717) is 17.4 Å². The molecule has 0 spiro atoms. The number of carbonyl (C=O) groups excluding carboxylic acids is 2. The second-order valence-electron chi connectivity index (χ2n) is 7.12. The molecule has 0 radical (unpaired) electrons. The molecule has 1 aliphatic heterocycles. The van der Waals surface area contributed by atoms with Crippen LogP contribution in [0, 0.1) is 0 Å². The average molecular weight is 484 g/mol. The molecule has 1 aliphatic rings. The summed E-state index contributed by atoms with van der Waals surface area (Å²) in [4.78, 5) is 31.6. The minimum absolute atomic E-state index is 0.0207. The number of hydrogen-bond donors (Lipinski definition) is 1. The van der Waals surface area contributed by atoms with E-state index in [4.69, 9.17) is 11.6 Å². The lowest BCUT2D eigenvalue weighted by atomic mass is 10.2. The first-order valence-corrected chi connectivity index (χ1v) is 11.2. The number of unbranched alkanes of at least 4 members (excludes halogenated alkanes) is 1. The summed E-state index contributed by atoms with van der Waals surface area (Å²) in [5, 5.41) is 2.16. The number of alkyl halides is 3. The summed E-state index contributed by atoms with van der Waals surface area (Å²) in [6, 6.07) is 11.8. The van der Waals surface area contributed by atoms with Crippen molar-refractivity contribution in [3.63, 3.8) is 0 Å². The van der Waals surface area contributed by atoms with Gasteiger partial charge in [0.25, 0.3) is 0 Å². The van der Waals surface area contributed by atoms with Gasteiger partial charge < -0.3 is 5.32 Å². The number of halogens is 4. The first-order chi connectivity index (χ1) is 15.2. The van der Waals surface area contributed by atoms with Crippen LogP contribution in [0.5, 0.6) is 0 Å². The van der Waals surface area contributed by atoms with Gasteiger partial charge >= 0.3 is 6.18 Å². The van der Waals surface area contributed by atoms with Crippen molar-refractivity contribution >= 4 is 51.7 Å². The third kappa shape index (κ3) is 6.04. The number of amides is 2. The van der Waals surface area contributed by atoms with Crippen LogP contribution in [0.4, 0.5) is 24.5 Å². The number of carbonyl (C=O) groups is 2. The molecule has 2 aromatic carbocycles. The van der Waals surface area contributed by atoms with Gasteiger partial charge in [0.2, 0.25) is 11.8 Å². The molecule has 1 saturated heterocycles. The average Bonchev–Trinajstić information content (AvgIpc) is 3.02. The van der Waals surface area contributed by atoms with Crippen molar-refractivity contribution in [3.05, 3.63) is 59.1 Å². The van der Waals surface area contributed by atoms with Gasteiger partial charge in [0.15, 0.2) is 5.17 Å². The number of nitrogens with zero attached hydrogens (tertiary/aromatic N) is 2. The Morgan fingerprint density at radius 3 is 2.59 bits per heavy atom. The lowest BCUT2D eigenvalue weighted by molar-refractivity contribution is -0.137. The van der Waals surface area contributed by atoms with E-state index < -0.39 is 22.9 Å². The SMILES string of the molecule is CCCCN1C(=O)C(CC(=O)Nc2cc(C(F)(F)F)ccc2Cl)SC1=Nc1ccccc1. The van der Waals surface area contributed by atoms with E-state index in [-0.39, 0.29) is 23.0 Å². The Bertz CT molecular complexity index is 1020. The zero-order valence-corrected chi connectivity index (χ0v) is 18.7. The Labute approximate surface area is 193 Å². The number of rotatable bonds is 7. The van der Waals surface area contributed by atoms with E-state index >= 15 is 0 Å². The molecule has 0 saturated carbocycles. The number of hydrogen-bond acceptors (Lipinski definition) is 4. The summed E-state index contributed by atoms with van der Waals surface area (Å²) in [7, 11) is 0. The van der Waals surface area contributed by atoms with E-state index in [9.17, 15) is 22.8 Å². The second kappa shape index (κ2) is 10.4. The summed E-state index contributed by atoms with van der Waals surface area (Å²) < 4.78 is 38.9. The van der Waals surface area contributed by atoms with Crippen molar-refractivity contribution in [1.29, 1.82) is 0 Å². The van der Waals surface area contributed by atoms with E-state index in [0.717, 1.165) is 31.0 Å². The molecular weight excluding hydrogens is 463 g/mol. The first kappa shape index (κ1) is 24.1. The third-order valence-electron chi connectivity index (χ3n) is 4.67. The topological polar surface area (TPSA) is 61.8 Å². The summed E-state index contributed by atoms with van der Waals surface area (Å²) in [6.07, 6.45) is -3.12. The Morgan fingerprint density at radius 1 is 1.22 bits per heavy atom. The number of thioether (sulfide) groups is 1. The molecule has 0 aliphatic carbocycles. The molecule has 3 rings (SSSR count). The highest BCUT2D eigenvalue weighted by Gasteiger charge is 2.39. The van der Waals surface area contributed by atoms with Crippen LogP contribution in [0.25, 0.3) is 0 Å². The molecule has 2 aromatic rings.